The maximum absolute atomic E-state index is 12.8. The van der Waals surface area contributed by atoms with Crippen molar-refractivity contribution in [1.29, 1.82) is 0 Å². The van der Waals surface area contributed by atoms with E-state index in [1.165, 1.54) is 0 Å². The number of aliphatic carboxylic acids is 1. The summed E-state index contributed by atoms with van der Waals surface area (Å²) in [5.74, 6) is 0.754. The van der Waals surface area contributed by atoms with E-state index in [9.17, 15) is 9.90 Å². The van der Waals surface area contributed by atoms with Crippen LogP contribution >= 0.6 is 0 Å². The van der Waals surface area contributed by atoms with Gasteiger partial charge in [0, 0.05) is 86.8 Å². The average Bonchev–Trinajstić information content (AvgIpc) is 3.88. The Kier molecular flexibility index (Phi) is 18.1. The molecule has 1 fully saturated rings. The van der Waals surface area contributed by atoms with E-state index in [0.29, 0.717) is 88.2 Å². The van der Waals surface area contributed by atoms with Crippen LogP contribution in [0.25, 0.3) is 34.1 Å². The summed E-state index contributed by atoms with van der Waals surface area (Å²) < 4.78 is 40.4. The van der Waals surface area contributed by atoms with Gasteiger partial charge >= 0.3 is 5.97 Å². The van der Waals surface area contributed by atoms with Gasteiger partial charge in [-0.1, -0.05) is 71.6 Å². The Morgan fingerprint density at radius 3 is 2.05 bits per heavy atom. The molecule has 0 saturated heterocycles. The summed E-state index contributed by atoms with van der Waals surface area (Å²) >= 11 is 0. The van der Waals surface area contributed by atoms with Gasteiger partial charge in [-0.15, -0.1) is 0 Å². The van der Waals surface area contributed by atoms with Gasteiger partial charge in [0.2, 0.25) is 0 Å². The number of hydrogen-bond acceptors (Lipinski definition) is 12. The molecule has 1 aliphatic carbocycles. The zero-order chi connectivity index (χ0) is 46.7. The van der Waals surface area contributed by atoms with E-state index in [1.807, 2.05) is 46.7 Å². The van der Waals surface area contributed by atoms with Crippen molar-refractivity contribution in [1.82, 2.24) is 29.1 Å². The largest absolute Gasteiger partial charge is 0.494 e. The van der Waals surface area contributed by atoms with Crippen LogP contribution in [0.2, 0.25) is 77.1 Å². The molecular weight excluding hydrogens is 863 g/mol. The Bertz CT molecular complexity index is 2100. The van der Waals surface area contributed by atoms with E-state index in [2.05, 4.69) is 75.4 Å². The maximum atomic E-state index is 12.8. The fourth-order valence-electron chi connectivity index (χ4n) is 7.54. The molecule has 0 aromatic carbocycles. The molecule has 18 heteroatoms. The molecule has 1 saturated carbocycles. The number of fused-ring (bicyclic) bond motifs is 1. The Morgan fingerprint density at radius 1 is 0.875 bits per heavy atom. The molecule has 15 nitrogen and oxygen atoms in total. The lowest BCUT2D eigenvalue weighted by atomic mass is 9.76. The van der Waals surface area contributed by atoms with Gasteiger partial charge in [-0.05, 0) is 56.8 Å². The Morgan fingerprint density at radius 2 is 1.50 bits per heavy atom. The highest BCUT2D eigenvalue weighted by molar-refractivity contribution is 6.76. The quantitative estimate of drug-likeness (QED) is 0.0261. The number of nitrogens with zero attached hydrogens (tertiary/aromatic N) is 7. The van der Waals surface area contributed by atoms with Crippen molar-refractivity contribution < 1.29 is 38.3 Å². The maximum Gasteiger partial charge on any atom is 0.335 e. The van der Waals surface area contributed by atoms with Crippen LogP contribution in [-0.2, 0) is 39.9 Å². The third-order valence-corrected chi connectivity index (χ3v) is 16.6. The third kappa shape index (κ3) is 14.1. The van der Waals surface area contributed by atoms with Crippen molar-refractivity contribution in [3.05, 3.63) is 54.8 Å². The van der Waals surface area contributed by atoms with E-state index in [4.69, 9.17) is 43.5 Å². The number of rotatable bonds is 27. The predicted octanol–water partition coefficient (Wildman–Crippen LogP) is 9.55. The van der Waals surface area contributed by atoms with Crippen molar-refractivity contribution >= 4 is 47.4 Å². The van der Waals surface area contributed by atoms with E-state index >= 15 is 0 Å². The third-order valence-electron chi connectivity index (χ3n) is 11.5. The first kappa shape index (κ1) is 51.2. The lowest BCUT2D eigenvalue weighted by Gasteiger charge is -2.37. The van der Waals surface area contributed by atoms with Crippen molar-refractivity contribution in [3.8, 4) is 22.6 Å². The van der Waals surface area contributed by atoms with E-state index in [1.54, 1.807) is 13.3 Å². The van der Waals surface area contributed by atoms with Gasteiger partial charge < -0.3 is 43.0 Å². The number of ether oxygens (including phenoxy) is 6. The summed E-state index contributed by atoms with van der Waals surface area (Å²) in [6.07, 6.45) is 8.98. The number of imidazole rings is 1. The van der Waals surface area contributed by atoms with Crippen molar-refractivity contribution in [2.75, 3.05) is 65.1 Å². The standard InChI is InChI=1S/C46H75N7O8Si3/c1-13-60-35(2)40-41(36-16-18-46(19-17-36,45(54)55)61-23-22-56-3)50-42-38(37-14-15-39(48-30-37)43-47-20-21-51(43)32-57-24-27-62(4,5)6)31-49-53(42)44(40)52(33-58-25-28-63(7,8)9)34-59-26-29-64(10,11)12/h14-15,20-21,30-31,36H,2,13,16-19,22-29,32-34H2,1,3-12H3,(H,54,55). The van der Waals surface area contributed by atoms with Gasteiger partial charge in [0.15, 0.2) is 17.1 Å². The highest BCUT2D eigenvalue weighted by Crippen LogP contribution is 2.45. The van der Waals surface area contributed by atoms with Gasteiger partial charge in [0.05, 0.1) is 37.3 Å². The highest BCUT2D eigenvalue weighted by Gasteiger charge is 2.45. The number of pyridine rings is 1. The van der Waals surface area contributed by atoms with Gasteiger partial charge in [-0.25, -0.2) is 14.8 Å². The van der Waals surface area contributed by atoms with Gasteiger partial charge in [0.1, 0.15) is 37.5 Å². The van der Waals surface area contributed by atoms with Crippen LogP contribution in [0, 0.1) is 0 Å². The predicted molar refractivity (Wildman–Crippen MR) is 262 cm³/mol. The fourth-order valence-corrected chi connectivity index (χ4v) is 9.81. The normalized spacial score (nSPS) is 17.3. The molecule has 0 bridgehead atoms. The van der Waals surface area contributed by atoms with Crippen LogP contribution in [0.5, 0.6) is 0 Å². The molecule has 0 unspecified atom stereocenters. The van der Waals surface area contributed by atoms with Crippen molar-refractivity contribution in [3.63, 3.8) is 0 Å². The van der Waals surface area contributed by atoms with E-state index in [-0.39, 0.29) is 26.0 Å². The second-order valence-corrected chi connectivity index (χ2v) is 37.4. The zero-order valence-corrected chi connectivity index (χ0v) is 43.5. The minimum Gasteiger partial charge on any atom is -0.494 e. The Labute approximate surface area is 383 Å². The van der Waals surface area contributed by atoms with Crippen LogP contribution in [-0.4, -0.2) is 130 Å². The number of carbonyl (C=O) groups is 1. The van der Waals surface area contributed by atoms with Gasteiger partial charge in [-0.2, -0.15) is 9.61 Å². The van der Waals surface area contributed by atoms with Crippen LogP contribution < -0.4 is 4.90 Å². The number of methoxy groups -OCH3 is 1. The number of hydrogen-bond donors (Lipinski definition) is 1. The van der Waals surface area contributed by atoms with E-state index < -0.39 is 35.8 Å². The zero-order valence-electron chi connectivity index (χ0n) is 40.5. The summed E-state index contributed by atoms with van der Waals surface area (Å²) in [6, 6.07) is 7.09. The molecule has 4 heterocycles. The topological polar surface area (TPSA) is 157 Å². The molecule has 0 atom stereocenters. The second-order valence-electron chi connectivity index (χ2n) is 20.5. The van der Waals surface area contributed by atoms with Gasteiger partial charge in [-0.3, -0.25) is 4.98 Å². The Hall–Kier alpha value is -3.76. The first-order chi connectivity index (χ1) is 30.3. The molecule has 4 aromatic heterocycles. The molecule has 64 heavy (non-hydrogen) atoms. The molecule has 1 aliphatic rings. The molecule has 0 amide bonds. The smallest absolute Gasteiger partial charge is 0.335 e. The number of carboxylic acids is 1. The average molecular weight is 938 g/mol. The summed E-state index contributed by atoms with van der Waals surface area (Å²) in [5, 5.41) is 15.5. The molecular formula is C46H75N7O8Si3. The number of anilines is 1. The summed E-state index contributed by atoms with van der Waals surface area (Å²) in [6.45, 7) is 31.2. The molecule has 5 rings (SSSR count). The van der Waals surface area contributed by atoms with E-state index in [0.717, 1.165) is 46.5 Å². The first-order valence-corrected chi connectivity index (χ1v) is 33.9. The summed E-state index contributed by atoms with van der Waals surface area (Å²) in [7, 11) is -2.41. The van der Waals surface area contributed by atoms with Gasteiger partial charge in [0.25, 0.3) is 0 Å². The monoisotopic (exact) mass is 937 g/mol. The molecule has 0 radical (unpaired) electrons. The molecule has 0 spiro atoms. The number of carboxylic acid groups (broad SMARTS) is 1. The van der Waals surface area contributed by atoms with Crippen LogP contribution in [0.3, 0.4) is 0 Å². The lowest BCUT2D eigenvalue weighted by Crippen LogP contribution is -2.45. The van der Waals surface area contributed by atoms with Crippen molar-refractivity contribution in [2.24, 2.45) is 0 Å². The summed E-state index contributed by atoms with van der Waals surface area (Å²) in [4.78, 5) is 29.8. The molecule has 354 valence electrons. The van der Waals surface area contributed by atoms with Crippen LogP contribution in [0.4, 0.5) is 5.82 Å². The fraction of sp³-hybridized carbons (Fsp3) is 0.630. The molecule has 4 aromatic rings. The lowest BCUT2D eigenvalue weighted by molar-refractivity contribution is -0.173. The minimum absolute atomic E-state index is 0.146. The molecule has 1 N–H and O–H groups in total. The van der Waals surface area contributed by atoms with Crippen molar-refractivity contribution in [2.45, 2.75) is 128 Å². The SMILES string of the molecule is C=C(OCC)c1c(C2CCC(OCCOC)(C(=O)O)CC2)nc2c(-c3ccc(-c4nccn4COCC[Si](C)(C)C)nc3)cnn2c1N(COCC[Si](C)(C)C)COCC[Si](C)(C)C. The minimum atomic E-state index is -1.39. The van der Waals surface area contributed by atoms with Crippen LogP contribution in [0.15, 0.2) is 43.5 Å². The molecule has 0 aliphatic heterocycles. The second kappa shape index (κ2) is 22.6. The summed E-state index contributed by atoms with van der Waals surface area (Å²) in [5.41, 5.74) is 3.09. The Balaban J connectivity index is 1.61. The first-order valence-electron chi connectivity index (χ1n) is 22.8. The number of aromatic nitrogens is 6. The van der Waals surface area contributed by atoms with Crippen LogP contribution in [0.1, 0.15) is 49.8 Å². The highest BCUT2D eigenvalue weighted by atomic mass is 28.3.